The first-order chi connectivity index (χ1) is 9.43. The second-order valence-corrected chi connectivity index (χ2v) is 4.34. The zero-order valence-electron chi connectivity index (χ0n) is 10.6. The van der Waals surface area contributed by atoms with Crippen LogP contribution in [0.2, 0.25) is 0 Å². The van der Waals surface area contributed by atoms with Gasteiger partial charge in [0.2, 0.25) is 0 Å². The Hall–Kier alpha value is -2.02. The minimum atomic E-state index is -4.41. The Morgan fingerprint density at radius 3 is 2.70 bits per heavy atom. The van der Waals surface area contributed by atoms with E-state index in [1.54, 1.807) is 0 Å². The zero-order valence-corrected chi connectivity index (χ0v) is 10.6. The number of alkyl halides is 3. The van der Waals surface area contributed by atoms with Gasteiger partial charge in [-0.3, -0.25) is 0 Å². The molecular weight excluding hydrogens is 271 g/mol. The summed E-state index contributed by atoms with van der Waals surface area (Å²) in [5, 5.41) is 12.8. The van der Waals surface area contributed by atoms with Gasteiger partial charge >= 0.3 is 6.18 Å². The van der Waals surface area contributed by atoms with E-state index in [2.05, 4.69) is 5.10 Å². The van der Waals surface area contributed by atoms with Crippen LogP contribution in [-0.2, 0) is 12.6 Å². The molecule has 0 saturated carbocycles. The van der Waals surface area contributed by atoms with Crippen molar-refractivity contribution in [2.75, 3.05) is 12.3 Å². The first-order valence-corrected chi connectivity index (χ1v) is 6.04. The number of rotatable bonds is 4. The SMILES string of the molecule is Nc1c(CCCO)cnn1-c1cccc(C(F)(F)F)c1. The average Bonchev–Trinajstić information content (AvgIpc) is 2.77. The average molecular weight is 285 g/mol. The zero-order chi connectivity index (χ0) is 14.8. The van der Waals surface area contributed by atoms with Crippen LogP contribution in [-0.4, -0.2) is 21.5 Å². The maximum absolute atomic E-state index is 12.7. The summed E-state index contributed by atoms with van der Waals surface area (Å²) in [4.78, 5) is 0. The van der Waals surface area contributed by atoms with Gasteiger partial charge in [0.1, 0.15) is 5.82 Å². The molecule has 0 atom stereocenters. The molecule has 0 radical (unpaired) electrons. The van der Waals surface area contributed by atoms with E-state index >= 15 is 0 Å². The number of aliphatic hydroxyl groups is 1. The van der Waals surface area contributed by atoms with Crippen LogP contribution in [0, 0.1) is 0 Å². The van der Waals surface area contributed by atoms with Crippen molar-refractivity contribution in [1.82, 2.24) is 9.78 Å². The summed E-state index contributed by atoms with van der Waals surface area (Å²) in [5.41, 5.74) is 6.09. The molecule has 7 heteroatoms. The first kappa shape index (κ1) is 14.4. The highest BCUT2D eigenvalue weighted by molar-refractivity contribution is 5.48. The predicted molar refractivity (Wildman–Crippen MR) is 68.4 cm³/mol. The van der Waals surface area contributed by atoms with E-state index in [0.717, 1.165) is 12.1 Å². The van der Waals surface area contributed by atoms with E-state index in [9.17, 15) is 13.2 Å². The van der Waals surface area contributed by atoms with Gasteiger partial charge < -0.3 is 10.8 Å². The third-order valence-corrected chi connectivity index (χ3v) is 2.91. The highest BCUT2D eigenvalue weighted by atomic mass is 19.4. The van der Waals surface area contributed by atoms with Gasteiger partial charge in [0.15, 0.2) is 0 Å². The molecule has 1 aromatic heterocycles. The molecule has 0 aliphatic heterocycles. The van der Waals surface area contributed by atoms with Gasteiger partial charge in [-0.15, -0.1) is 0 Å². The summed E-state index contributed by atoms with van der Waals surface area (Å²) in [6.07, 6.45) is -1.84. The summed E-state index contributed by atoms with van der Waals surface area (Å²) in [6, 6.07) is 4.82. The van der Waals surface area contributed by atoms with E-state index in [1.165, 1.54) is 23.0 Å². The van der Waals surface area contributed by atoms with Crippen molar-refractivity contribution in [2.45, 2.75) is 19.0 Å². The van der Waals surface area contributed by atoms with Crippen LogP contribution >= 0.6 is 0 Å². The Kier molecular flexibility index (Phi) is 3.99. The minimum absolute atomic E-state index is 0.0220. The molecule has 1 heterocycles. The number of halogens is 3. The number of nitrogen functional groups attached to an aromatic ring is 1. The molecule has 0 saturated heterocycles. The highest BCUT2D eigenvalue weighted by Gasteiger charge is 2.30. The van der Waals surface area contributed by atoms with Crippen LogP contribution in [0.25, 0.3) is 5.69 Å². The van der Waals surface area contributed by atoms with E-state index in [4.69, 9.17) is 10.8 Å². The van der Waals surface area contributed by atoms with Crippen LogP contribution in [0.5, 0.6) is 0 Å². The Morgan fingerprint density at radius 1 is 1.30 bits per heavy atom. The summed E-state index contributed by atoms with van der Waals surface area (Å²) in [6.45, 7) is 0.0220. The number of nitrogens with two attached hydrogens (primary N) is 1. The second-order valence-electron chi connectivity index (χ2n) is 4.34. The Morgan fingerprint density at radius 2 is 2.05 bits per heavy atom. The van der Waals surface area contributed by atoms with E-state index < -0.39 is 11.7 Å². The molecule has 2 rings (SSSR count). The Labute approximate surface area is 113 Å². The molecule has 4 nitrogen and oxygen atoms in total. The van der Waals surface area contributed by atoms with Crippen molar-refractivity contribution in [3.63, 3.8) is 0 Å². The molecule has 20 heavy (non-hydrogen) atoms. The number of hydrogen-bond donors (Lipinski definition) is 2. The molecule has 0 bridgehead atoms. The summed E-state index contributed by atoms with van der Waals surface area (Å²) < 4.78 is 39.3. The molecule has 0 fully saturated rings. The van der Waals surface area contributed by atoms with Crippen LogP contribution in [0.3, 0.4) is 0 Å². The second kappa shape index (κ2) is 5.54. The van der Waals surface area contributed by atoms with Crippen molar-refractivity contribution in [3.05, 3.63) is 41.6 Å². The quantitative estimate of drug-likeness (QED) is 0.906. The third kappa shape index (κ3) is 2.93. The molecule has 0 amide bonds. The molecule has 1 aromatic carbocycles. The van der Waals surface area contributed by atoms with Crippen LogP contribution in [0.4, 0.5) is 19.0 Å². The largest absolute Gasteiger partial charge is 0.416 e. The smallest absolute Gasteiger partial charge is 0.396 e. The molecule has 0 spiro atoms. The van der Waals surface area contributed by atoms with Gasteiger partial charge in [-0.05, 0) is 31.0 Å². The fourth-order valence-corrected chi connectivity index (χ4v) is 1.87. The molecule has 2 aromatic rings. The minimum Gasteiger partial charge on any atom is -0.396 e. The summed E-state index contributed by atoms with van der Waals surface area (Å²) >= 11 is 0. The van der Waals surface area contributed by atoms with Crippen molar-refractivity contribution < 1.29 is 18.3 Å². The van der Waals surface area contributed by atoms with Crippen LogP contribution < -0.4 is 5.73 Å². The number of aryl methyl sites for hydroxylation is 1. The normalized spacial score (nSPS) is 11.8. The third-order valence-electron chi connectivity index (χ3n) is 2.91. The van der Waals surface area contributed by atoms with Gasteiger partial charge in [-0.2, -0.15) is 18.3 Å². The lowest BCUT2D eigenvalue weighted by molar-refractivity contribution is -0.137. The number of benzene rings is 1. The van der Waals surface area contributed by atoms with Crippen LogP contribution in [0.1, 0.15) is 17.5 Å². The van der Waals surface area contributed by atoms with Crippen molar-refractivity contribution >= 4 is 5.82 Å². The topological polar surface area (TPSA) is 64.1 Å². The molecule has 0 unspecified atom stereocenters. The maximum Gasteiger partial charge on any atom is 0.416 e. The van der Waals surface area contributed by atoms with E-state index in [1.807, 2.05) is 0 Å². The summed E-state index contributed by atoms with van der Waals surface area (Å²) in [7, 11) is 0. The highest BCUT2D eigenvalue weighted by Crippen LogP contribution is 2.30. The maximum atomic E-state index is 12.7. The van der Waals surface area contributed by atoms with Gasteiger partial charge in [0.05, 0.1) is 17.4 Å². The number of hydrogen-bond acceptors (Lipinski definition) is 3. The number of anilines is 1. The number of aliphatic hydroxyl groups excluding tert-OH is 1. The van der Waals surface area contributed by atoms with Gasteiger partial charge in [0, 0.05) is 12.2 Å². The molecule has 108 valence electrons. The monoisotopic (exact) mass is 285 g/mol. The van der Waals surface area contributed by atoms with Crippen molar-refractivity contribution in [3.8, 4) is 5.69 Å². The lowest BCUT2D eigenvalue weighted by Gasteiger charge is -2.10. The lowest BCUT2D eigenvalue weighted by atomic mass is 10.2. The molecule has 0 aliphatic rings. The van der Waals surface area contributed by atoms with E-state index in [0.29, 0.717) is 18.4 Å². The number of nitrogens with zero attached hydrogens (tertiary/aromatic N) is 2. The molecule has 3 N–H and O–H groups in total. The molecule has 0 aliphatic carbocycles. The van der Waals surface area contributed by atoms with Gasteiger partial charge in [-0.25, -0.2) is 4.68 Å². The standard InChI is InChI=1S/C13H14F3N3O/c14-13(15,16)10-4-1-5-11(7-10)19-12(17)9(8-18-19)3-2-6-20/h1,4-5,7-8,20H,2-3,6,17H2. The lowest BCUT2D eigenvalue weighted by Crippen LogP contribution is -2.08. The predicted octanol–water partition coefficient (Wildman–Crippen LogP) is 2.40. The molecular formula is C13H14F3N3O. The first-order valence-electron chi connectivity index (χ1n) is 6.04. The Bertz CT molecular complexity index is 593. The Balaban J connectivity index is 2.35. The van der Waals surface area contributed by atoms with E-state index in [-0.39, 0.29) is 18.1 Å². The summed E-state index contributed by atoms with van der Waals surface area (Å²) in [5.74, 6) is 0.290. The van der Waals surface area contributed by atoms with Crippen molar-refractivity contribution in [1.29, 1.82) is 0 Å². The fraction of sp³-hybridized carbons (Fsp3) is 0.308. The van der Waals surface area contributed by atoms with Crippen molar-refractivity contribution in [2.24, 2.45) is 0 Å². The number of aromatic nitrogens is 2. The fourth-order valence-electron chi connectivity index (χ4n) is 1.87. The van der Waals surface area contributed by atoms with Gasteiger partial charge in [0.25, 0.3) is 0 Å². The van der Waals surface area contributed by atoms with Crippen LogP contribution in [0.15, 0.2) is 30.5 Å². The van der Waals surface area contributed by atoms with Gasteiger partial charge in [-0.1, -0.05) is 6.07 Å².